The first-order chi connectivity index (χ1) is 13.7. The predicted octanol–water partition coefficient (Wildman–Crippen LogP) is 2.84. The molecule has 1 aromatic heterocycles. The maximum atomic E-state index is 6.46. The molecule has 1 aromatic carbocycles. The number of ether oxygens (including phenoxy) is 1. The summed E-state index contributed by atoms with van der Waals surface area (Å²) in [7, 11) is 1.82. The molecule has 7 heteroatoms. The van der Waals surface area contributed by atoms with Crippen molar-refractivity contribution in [2.24, 2.45) is 4.99 Å². The average Bonchev–Trinajstić information content (AvgIpc) is 3.36. The van der Waals surface area contributed by atoms with Crippen molar-refractivity contribution < 1.29 is 4.74 Å². The van der Waals surface area contributed by atoms with Crippen LogP contribution in [0.5, 0.6) is 5.75 Å². The molecule has 1 fully saturated rings. The Labute approximate surface area is 166 Å². The topological polar surface area (TPSA) is 76.4 Å². The highest BCUT2D eigenvalue weighted by Gasteiger charge is 2.43. The van der Waals surface area contributed by atoms with E-state index in [1.54, 1.807) is 6.33 Å². The van der Waals surface area contributed by atoms with Gasteiger partial charge in [-0.15, -0.1) is 10.2 Å². The molecule has 1 spiro atoms. The van der Waals surface area contributed by atoms with Crippen LogP contribution in [0.25, 0.3) is 0 Å². The molecule has 1 aliphatic carbocycles. The van der Waals surface area contributed by atoms with Gasteiger partial charge in [0, 0.05) is 38.5 Å². The average molecular weight is 383 g/mol. The molecule has 1 saturated carbocycles. The molecule has 150 valence electrons. The second kappa shape index (κ2) is 8.20. The van der Waals surface area contributed by atoms with Gasteiger partial charge in [0.2, 0.25) is 0 Å². The van der Waals surface area contributed by atoms with E-state index in [-0.39, 0.29) is 11.6 Å². The van der Waals surface area contributed by atoms with Crippen molar-refractivity contribution in [2.45, 2.75) is 63.6 Å². The molecule has 1 unspecified atom stereocenters. The molecule has 0 bridgehead atoms. The third-order valence-corrected chi connectivity index (χ3v) is 5.90. The summed E-state index contributed by atoms with van der Waals surface area (Å²) in [6, 6.07) is 8.60. The Balaban J connectivity index is 1.42. The second-order valence-corrected chi connectivity index (χ2v) is 7.72. The molecule has 1 atom stereocenters. The Kier molecular flexibility index (Phi) is 5.50. The number of aromatic nitrogens is 3. The van der Waals surface area contributed by atoms with E-state index < -0.39 is 0 Å². The molecule has 7 nitrogen and oxygen atoms in total. The van der Waals surface area contributed by atoms with E-state index in [9.17, 15) is 0 Å². The largest absolute Gasteiger partial charge is 0.487 e. The Hall–Kier alpha value is -2.57. The van der Waals surface area contributed by atoms with Crippen LogP contribution >= 0.6 is 0 Å². The molecule has 2 aromatic rings. The third-order valence-electron chi connectivity index (χ3n) is 5.90. The van der Waals surface area contributed by atoms with Gasteiger partial charge in [-0.1, -0.05) is 25.1 Å². The number of nitrogens with one attached hydrogen (secondary N) is 2. The first-order valence-corrected chi connectivity index (χ1v) is 10.3. The highest BCUT2D eigenvalue weighted by Crippen LogP contribution is 2.46. The van der Waals surface area contributed by atoms with Crippen LogP contribution in [-0.2, 0) is 13.0 Å². The van der Waals surface area contributed by atoms with Crippen LogP contribution in [0.1, 0.15) is 56.5 Å². The molecule has 1 aliphatic heterocycles. The fraction of sp³-hybridized carbons (Fsp3) is 0.571. The molecule has 0 amide bonds. The lowest BCUT2D eigenvalue weighted by molar-refractivity contribution is 0.0396. The number of aryl methyl sites for hydroxylation is 1. The summed E-state index contributed by atoms with van der Waals surface area (Å²) in [4.78, 5) is 4.44. The summed E-state index contributed by atoms with van der Waals surface area (Å²) in [6.07, 6.45) is 8.43. The number of benzene rings is 1. The van der Waals surface area contributed by atoms with Crippen molar-refractivity contribution in [1.29, 1.82) is 0 Å². The van der Waals surface area contributed by atoms with Gasteiger partial charge in [-0.2, -0.15) is 0 Å². The lowest BCUT2D eigenvalue weighted by atomic mass is 9.86. The van der Waals surface area contributed by atoms with Gasteiger partial charge in [0.15, 0.2) is 5.96 Å². The van der Waals surface area contributed by atoms with Crippen molar-refractivity contribution in [1.82, 2.24) is 25.4 Å². The van der Waals surface area contributed by atoms with Crippen LogP contribution in [-0.4, -0.2) is 39.9 Å². The first kappa shape index (κ1) is 18.8. The lowest BCUT2D eigenvalue weighted by Gasteiger charge is -2.40. The maximum absolute atomic E-state index is 6.46. The number of rotatable bonds is 5. The van der Waals surface area contributed by atoms with Gasteiger partial charge in [0.05, 0.1) is 6.04 Å². The monoisotopic (exact) mass is 382 g/mol. The molecule has 0 radical (unpaired) electrons. The Morgan fingerprint density at radius 1 is 1.32 bits per heavy atom. The van der Waals surface area contributed by atoms with Crippen LogP contribution in [0, 0.1) is 0 Å². The summed E-state index contributed by atoms with van der Waals surface area (Å²) >= 11 is 0. The van der Waals surface area contributed by atoms with Crippen LogP contribution in [0.3, 0.4) is 0 Å². The lowest BCUT2D eigenvalue weighted by Crippen LogP contribution is -2.47. The Morgan fingerprint density at radius 3 is 2.93 bits per heavy atom. The standard InChI is InChI=1S/C21H30N6O/c1-3-19-26-24-15-27(19)13-12-23-20(22-2)25-17-14-21(10-6-7-11-21)28-18-9-5-4-8-16(17)18/h4-5,8-9,15,17H,3,6-7,10-14H2,1-2H3,(H2,22,23,25). The number of hydrogen-bond donors (Lipinski definition) is 2. The SMILES string of the molecule is CCc1nncn1CCNC(=NC)NC1CC2(CCCC2)Oc2ccccc21. The minimum atomic E-state index is -0.0244. The summed E-state index contributed by atoms with van der Waals surface area (Å²) in [5.74, 6) is 2.84. The van der Waals surface area contributed by atoms with E-state index >= 15 is 0 Å². The van der Waals surface area contributed by atoms with Gasteiger partial charge in [0.1, 0.15) is 23.5 Å². The van der Waals surface area contributed by atoms with E-state index in [0.29, 0.717) is 0 Å². The Morgan fingerprint density at radius 2 is 2.14 bits per heavy atom. The van der Waals surface area contributed by atoms with Crippen LogP contribution < -0.4 is 15.4 Å². The van der Waals surface area contributed by atoms with Crippen LogP contribution in [0.15, 0.2) is 35.6 Å². The highest BCUT2D eigenvalue weighted by molar-refractivity contribution is 5.80. The number of aliphatic imine (C=N–C) groups is 1. The first-order valence-electron chi connectivity index (χ1n) is 10.3. The van der Waals surface area contributed by atoms with Crippen molar-refractivity contribution in [3.05, 3.63) is 42.0 Å². The minimum Gasteiger partial charge on any atom is -0.487 e. The van der Waals surface area contributed by atoms with E-state index in [1.165, 1.54) is 18.4 Å². The smallest absolute Gasteiger partial charge is 0.191 e. The molecular weight excluding hydrogens is 352 g/mol. The molecule has 2 aliphatic rings. The fourth-order valence-electron chi connectivity index (χ4n) is 4.47. The third kappa shape index (κ3) is 3.84. The maximum Gasteiger partial charge on any atom is 0.191 e. The number of nitrogens with zero attached hydrogens (tertiary/aromatic N) is 4. The molecule has 2 heterocycles. The zero-order chi connectivity index (χ0) is 19.4. The molecule has 28 heavy (non-hydrogen) atoms. The van der Waals surface area contributed by atoms with Crippen LogP contribution in [0.2, 0.25) is 0 Å². The number of hydrogen-bond acceptors (Lipinski definition) is 4. The van der Waals surface area contributed by atoms with Crippen molar-refractivity contribution in [3.63, 3.8) is 0 Å². The molecule has 4 rings (SSSR count). The number of para-hydroxylation sites is 1. The van der Waals surface area contributed by atoms with E-state index in [2.05, 4.69) is 61.6 Å². The Bertz CT molecular complexity index is 824. The number of guanidine groups is 1. The highest BCUT2D eigenvalue weighted by atomic mass is 16.5. The normalized spacial score (nSPS) is 20.6. The molecule has 2 N–H and O–H groups in total. The van der Waals surface area contributed by atoms with E-state index in [0.717, 1.165) is 56.3 Å². The predicted molar refractivity (Wildman–Crippen MR) is 110 cm³/mol. The van der Waals surface area contributed by atoms with Gasteiger partial charge >= 0.3 is 0 Å². The van der Waals surface area contributed by atoms with Gasteiger partial charge < -0.3 is 19.9 Å². The van der Waals surface area contributed by atoms with Crippen LogP contribution in [0.4, 0.5) is 0 Å². The van der Waals surface area contributed by atoms with Gasteiger partial charge in [0.25, 0.3) is 0 Å². The van der Waals surface area contributed by atoms with Crippen molar-refractivity contribution in [3.8, 4) is 5.75 Å². The molecule has 0 saturated heterocycles. The second-order valence-electron chi connectivity index (χ2n) is 7.72. The summed E-state index contributed by atoms with van der Waals surface area (Å²) in [6.45, 7) is 3.67. The van der Waals surface area contributed by atoms with E-state index in [1.807, 2.05) is 7.05 Å². The zero-order valence-corrected chi connectivity index (χ0v) is 16.8. The van der Waals surface area contributed by atoms with Crippen molar-refractivity contribution in [2.75, 3.05) is 13.6 Å². The van der Waals surface area contributed by atoms with Gasteiger partial charge in [-0.05, 0) is 31.7 Å². The van der Waals surface area contributed by atoms with Gasteiger partial charge in [-0.25, -0.2) is 0 Å². The molecular formula is C21H30N6O. The summed E-state index contributed by atoms with van der Waals surface area (Å²) in [5, 5.41) is 15.2. The van der Waals surface area contributed by atoms with Gasteiger partial charge in [-0.3, -0.25) is 4.99 Å². The minimum absolute atomic E-state index is 0.0244. The summed E-state index contributed by atoms with van der Waals surface area (Å²) in [5.41, 5.74) is 1.19. The van der Waals surface area contributed by atoms with Crippen molar-refractivity contribution >= 4 is 5.96 Å². The van der Waals surface area contributed by atoms with E-state index in [4.69, 9.17) is 4.74 Å². The fourth-order valence-corrected chi connectivity index (χ4v) is 4.47. The quantitative estimate of drug-likeness (QED) is 0.614. The zero-order valence-electron chi connectivity index (χ0n) is 16.8. The number of fused-ring (bicyclic) bond motifs is 1. The summed E-state index contributed by atoms with van der Waals surface area (Å²) < 4.78 is 8.54.